The minimum atomic E-state index is -1.16. The van der Waals surface area contributed by atoms with E-state index in [1.807, 2.05) is 12.1 Å². The molecule has 0 heterocycles. The number of carbonyl (C=O) groups is 3. The number of nitrogens with one attached hydrogen (secondary N) is 2. The zero-order valence-electron chi connectivity index (χ0n) is 14.5. The van der Waals surface area contributed by atoms with Crippen LogP contribution < -0.4 is 16.0 Å². The number of hydrogen-bond acceptors (Lipinski definition) is 4. The quantitative estimate of drug-likeness (QED) is 0.796. The lowest BCUT2D eigenvalue weighted by Gasteiger charge is -2.30. The van der Waals surface area contributed by atoms with E-state index < -0.39 is 29.6 Å². The average molecular weight is 343 g/mol. The van der Waals surface area contributed by atoms with Crippen LogP contribution in [-0.2, 0) is 9.59 Å². The van der Waals surface area contributed by atoms with E-state index in [9.17, 15) is 19.5 Å². The summed E-state index contributed by atoms with van der Waals surface area (Å²) in [5, 5.41) is 11.4. The molecule has 0 aromatic heterocycles. The van der Waals surface area contributed by atoms with Gasteiger partial charge in [-0.3, -0.25) is 20.4 Å². The largest absolute Gasteiger partial charge is 0.550 e. The molecule has 0 radical (unpaired) electrons. The highest BCUT2D eigenvalue weighted by Crippen LogP contribution is 2.52. The maximum Gasteiger partial charge on any atom is 0.269 e. The van der Waals surface area contributed by atoms with E-state index in [1.165, 1.54) is 0 Å². The van der Waals surface area contributed by atoms with E-state index in [1.54, 1.807) is 12.1 Å². The van der Waals surface area contributed by atoms with Crippen molar-refractivity contribution in [3.8, 4) is 0 Å². The highest BCUT2D eigenvalue weighted by Gasteiger charge is 2.51. The van der Waals surface area contributed by atoms with Gasteiger partial charge in [0.1, 0.15) is 0 Å². The molecule has 2 N–H and O–H groups in total. The van der Waals surface area contributed by atoms with Gasteiger partial charge in [0.15, 0.2) is 0 Å². The molecule has 2 aliphatic rings. The molecule has 1 aromatic rings. The van der Waals surface area contributed by atoms with E-state index in [0.29, 0.717) is 11.5 Å². The first-order chi connectivity index (χ1) is 11.9. The second-order valence-corrected chi connectivity index (χ2v) is 7.42. The van der Waals surface area contributed by atoms with Gasteiger partial charge in [0, 0.05) is 17.5 Å². The fourth-order valence-corrected chi connectivity index (χ4v) is 4.30. The van der Waals surface area contributed by atoms with Gasteiger partial charge in [-0.15, -0.1) is 0 Å². The zero-order chi connectivity index (χ0) is 18.1. The van der Waals surface area contributed by atoms with Crippen molar-refractivity contribution in [2.45, 2.75) is 39.0 Å². The predicted molar refractivity (Wildman–Crippen MR) is 89.0 cm³/mol. The normalized spacial score (nSPS) is 27.3. The Morgan fingerprint density at radius 2 is 1.60 bits per heavy atom. The second kappa shape index (κ2) is 6.86. The van der Waals surface area contributed by atoms with Crippen molar-refractivity contribution in [2.24, 2.45) is 23.7 Å². The summed E-state index contributed by atoms with van der Waals surface area (Å²) in [6.07, 6.45) is 2.44. The lowest BCUT2D eigenvalue weighted by Crippen LogP contribution is -2.50. The fraction of sp³-hybridized carbons (Fsp3) is 0.526. The molecule has 2 aliphatic carbocycles. The highest BCUT2D eigenvalue weighted by molar-refractivity contribution is 5.96. The van der Waals surface area contributed by atoms with Crippen LogP contribution in [0.2, 0.25) is 0 Å². The molecule has 0 unspecified atom stereocenters. The molecule has 134 valence electrons. The monoisotopic (exact) mass is 343 g/mol. The molecule has 3 rings (SSSR count). The summed E-state index contributed by atoms with van der Waals surface area (Å²) in [6, 6.07) is 7.17. The summed E-state index contributed by atoms with van der Waals surface area (Å²) in [6.45, 7) is 4.14. The summed E-state index contributed by atoms with van der Waals surface area (Å²) >= 11 is 0. The van der Waals surface area contributed by atoms with Gasteiger partial charge in [0.05, 0.1) is 5.92 Å². The predicted octanol–water partition coefficient (Wildman–Crippen LogP) is 0.983. The summed E-state index contributed by atoms with van der Waals surface area (Å²) in [7, 11) is 0. The number of carboxylic acids is 1. The van der Waals surface area contributed by atoms with Crippen molar-refractivity contribution in [2.75, 3.05) is 0 Å². The van der Waals surface area contributed by atoms with Crippen LogP contribution >= 0.6 is 0 Å². The van der Waals surface area contributed by atoms with Crippen molar-refractivity contribution in [3.05, 3.63) is 35.4 Å². The molecule has 2 bridgehead atoms. The lowest BCUT2D eigenvalue weighted by atomic mass is 9.79. The number of carboxylic acid groups (broad SMARTS) is 1. The van der Waals surface area contributed by atoms with Crippen molar-refractivity contribution in [3.63, 3.8) is 0 Å². The van der Waals surface area contributed by atoms with Crippen LogP contribution in [0.25, 0.3) is 0 Å². The first kappa shape index (κ1) is 17.5. The van der Waals surface area contributed by atoms with E-state index in [2.05, 4.69) is 24.7 Å². The van der Waals surface area contributed by atoms with Gasteiger partial charge >= 0.3 is 0 Å². The Morgan fingerprint density at radius 1 is 1.00 bits per heavy atom. The summed E-state index contributed by atoms with van der Waals surface area (Å²) in [4.78, 5) is 36.0. The number of aliphatic carboxylic acids is 1. The maximum atomic E-state index is 12.4. The Morgan fingerprint density at radius 3 is 2.16 bits per heavy atom. The molecule has 25 heavy (non-hydrogen) atoms. The number of amides is 2. The van der Waals surface area contributed by atoms with Crippen LogP contribution in [0.1, 0.15) is 54.9 Å². The molecular weight excluding hydrogens is 320 g/mol. The Labute approximate surface area is 147 Å². The minimum absolute atomic E-state index is 0.0185. The standard InChI is InChI=1S/C19H24N2O4/c1-10(2)11-3-5-12(6-4-11)17(22)20-21-18(23)15-13-7-8-14(9-13)16(15)19(24)25/h3-6,10,13-16H,7-9H2,1-2H3,(H,20,22)(H,21,23)(H,24,25)/p-1/t13-,14-,15-,16-/m0/s1. The van der Waals surface area contributed by atoms with Crippen LogP contribution in [0.4, 0.5) is 0 Å². The smallest absolute Gasteiger partial charge is 0.269 e. The van der Waals surface area contributed by atoms with E-state index in [-0.39, 0.29) is 11.8 Å². The number of carbonyl (C=O) groups excluding carboxylic acids is 3. The van der Waals surface area contributed by atoms with Crippen molar-refractivity contribution in [1.29, 1.82) is 0 Å². The van der Waals surface area contributed by atoms with Gasteiger partial charge in [0.2, 0.25) is 5.91 Å². The van der Waals surface area contributed by atoms with Crippen LogP contribution in [0.3, 0.4) is 0 Å². The average Bonchev–Trinajstić information content (AvgIpc) is 3.20. The Balaban J connectivity index is 1.60. The summed E-state index contributed by atoms with van der Waals surface area (Å²) < 4.78 is 0. The van der Waals surface area contributed by atoms with Crippen LogP contribution in [0.15, 0.2) is 24.3 Å². The molecule has 0 spiro atoms. The molecule has 2 saturated carbocycles. The van der Waals surface area contributed by atoms with Gasteiger partial charge in [-0.1, -0.05) is 26.0 Å². The molecule has 6 nitrogen and oxygen atoms in total. The number of rotatable bonds is 4. The molecule has 0 saturated heterocycles. The van der Waals surface area contributed by atoms with Crippen LogP contribution in [0.5, 0.6) is 0 Å². The Kier molecular flexibility index (Phi) is 4.79. The molecule has 2 fully saturated rings. The van der Waals surface area contributed by atoms with Crippen molar-refractivity contribution in [1.82, 2.24) is 10.9 Å². The molecule has 0 aliphatic heterocycles. The number of benzene rings is 1. The highest BCUT2D eigenvalue weighted by atomic mass is 16.4. The minimum Gasteiger partial charge on any atom is -0.550 e. The molecule has 4 atom stereocenters. The van der Waals surface area contributed by atoms with Crippen LogP contribution in [0, 0.1) is 23.7 Å². The van der Waals surface area contributed by atoms with Crippen molar-refractivity contribution < 1.29 is 19.5 Å². The summed E-state index contributed by atoms with van der Waals surface area (Å²) in [5.74, 6) is -2.93. The third-order valence-corrected chi connectivity index (χ3v) is 5.63. The van der Waals surface area contributed by atoms with E-state index in [0.717, 1.165) is 24.8 Å². The Hall–Kier alpha value is -2.37. The van der Waals surface area contributed by atoms with E-state index in [4.69, 9.17) is 0 Å². The topological polar surface area (TPSA) is 98.3 Å². The van der Waals surface area contributed by atoms with Gasteiger partial charge in [-0.2, -0.15) is 0 Å². The molecule has 6 heteroatoms. The second-order valence-electron chi connectivity index (χ2n) is 7.42. The van der Waals surface area contributed by atoms with Crippen LogP contribution in [-0.4, -0.2) is 17.8 Å². The summed E-state index contributed by atoms with van der Waals surface area (Å²) in [5.41, 5.74) is 6.36. The van der Waals surface area contributed by atoms with Gasteiger partial charge in [-0.25, -0.2) is 0 Å². The number of hydrazine groups is 1. The molecular formula is C19H23N2O4-. The third kappa shape index (κ3) is 3.38. The van der Waals surface area contributed by atoms with Crippen molar-refractivity contribution >= 4 is 17.8 Å². The SMILES string of the molecule is CC(C)c1ccc(C(=O)NNC(=O)[C@H]2[C@H]3CC[C@@H](C3)[C@@H]2C(=O)[O-])cc1. The Bertz CT molecular complexity index is 683. The van der Waals surface area contributed by atoms with E-state index >= 15 is 0 Å². The van der Waals surface area contributed by atoms with Gasteiger partial charge < -0.3 is 9.90 Å². The van der Waals surface area contributed by atoms with Gasteiger partial charge in [0.25, 0.3) is 5.91 Å². The zero-order valence-corrected chi connectivity index (χ0v) is 14.5. The number of hydrogen-bond donors (Lipinski definition) is 2. The first-order valence-corrected chi connectivity index (χ1v) is 8.79. The van der Waals surface area contributed by atoms with Gasteiger partial charge in [-0.05, 0) is 54.7 Å². The molecule has 2 amide bonds. The molecule has 1 aromatic carbocycles. The third-order valence-electron chi connectivity index (χ3n) is 5.63. The maximum absolute atomic E-state index is 12.4. The fourth-order valence-electron chi connectivity index (χ4n) is 4.30. The first-order valence-electron chi connectivity index (χ1n) is 8.79. The number of fused-ring (bicyclic) bond motifs is 2. The lowest BCUT2D eigenvalue weighted by molar-refractivity contribution is -0.314.